The van der Waals surface area contributed by atoms with Gasteiger partial charge in [0, 0.05) is 18.7 Å². The van der Waals surface area contributed by atoms with E-state index in [1.165, 1.54) is 11.2 Å². The quantitative estimate of drug-likeness (QED) is 0.808. The van der Waals surface area contributed by atoms with Crippen LogP contribution in [0.25, 0.3) is 6.08 Å². The first kappa shape index (κ1) is 18.2. The van der Waals surface area contributed by atoms with Gasteiger partial charge < -0.3 is 5.11 Å². The van der Waals surface area contributed by atoms with Crippen molar-refractivity contribution in [2.75, 3.05) is 18.1 Å². The summed E-state index contributed by atoms with van der Waals surface area (Å²) in [6, 6.07) is 3.31. The highest BCUT2D eigenvalue weighted by Gasteiger charge is 2.23. The van der Waals surface area contributed by atoms with Crippen molar-refractivity contribution in [2.24, 2.45) is 0 Å². The van der Waals surface area contributed by atoms with E-state index in [0.29, 0.717) is 32.3 Å². The number of aromatic nitrogens is 1. The average molecular weight is 379 g/mol. The number of rotatable bonds is 5. The Kier molecular flexibility index (Phi) is 5.38. The van der Waals surface area contributed by atoms with Gasteiger partial charge in [0.25, 0.3) is 0 Å². The number of piperidine rings is 1. The standard InChI is InChI=1S/C17H15F2N3O3S/c18-13-1-2-14(19)12(8-13)7-11-3-5-21(6-4-11)22(10-23)17-20-9-15(26-17)16(24)25/h1-2,7-10H,3-6H2,(H,24,25). The van der Waals surface area contributed by atoms with E-state index in [0.717, 1.165) is 35.1 Å². The molecular formula is C17H15F2N3O3S. The van der Waals surface area contributed by atoms with Crippen LogP contribution in [0.1, 0.15) is 28.1 Å². The minimum Gasteiger partial charge on any atom is -0.477 e. The van der Waals surface area contributed by atoms with E-state index in [1.807, 2.05) is 0 Å². The molecule has 6 nitrogen and oxygen atoms in total. The number of carbonyl (C=O) groups excluding carboxylic acids is 1. The number of anilines is 1. The molecule has 1 N–H and O–H groups in total. The Labute approximate surface area is 152 Å². The van der Waals surface area contributed by atoms with Gasteiger partial charge in [-0.25, -0.2) is 28.6 Å². The molecule has 0 radical (unpaired) electrons. The Hall–Kier alpha value is -2.65. The molecule has 1 saturated heterocycles. The first-order chi connectivity index (χ1) is 12.5. The number of hydrazine groups is 1. The van der Waals surface area contributed by atoms with E-state index in [1.54, 1.807) is 11.1 Å². The van der Waals surface area contributed by atoms with Crippen LogP contribution in [-0.2, 0) is 4.79 Å². The molecule has 26 heavy (non-hydrogen) atoms. The van der Waals surface area contributed by atoms with Gasteiger partial charge in [0.15, 0.2) is 0 Å². The second kappa shape index (κ2) is 7.71. The van der Waals surface area contributed by atoms with Crippen LogP contribution in [0.2, 0.25) is 0 Å². The molecule has 3 rings (SSSR count). The van der Waals surface area contributed by atoms with E-state index < -0.39 is 17.6 Å². The van der Waals surface area contributed by atoms with Crippen molar-refractivity contribution in [1.82, 2.24) is 9.99 Å². The van der Waals surface area contributed by atoms with Crippen molar-refractivity contribution in [3.63, 3.8) is 0 Å². The van der Waals surface area contributed by atoms with E-state index in [9.17, 15) is 18.4 Å². The zero-order valence-corrected chi connectivity index (χ0v) is 14.4. The molecule has 1 aromatic carbocycles. The summed E-state index contributed by atoms with van der Waals surface area (Å²) in [5.74, 6) is -2.08. The van der Waals surface area contributed by atoms with E-state index in [2.05, 4.69) is 4.98 Å². The van der Waals surface area contributed by atoms with Crippen LogP contribution < -0.4 is 5.01 Å². The van der Waals surface area contributed by atoms with E-state index in [-0.39, 0.29) is 15.6 Å². The number of carboxylic acids is 1. The Bertz CT molecular complexity index is 859. The highest BCUT2D eigenvalue weighted by molar-refractivity contribution is 7.17. The lowest BCUT2D eigenvalue weighted by molar-refractivity contribution is -0.110. The lowest BCUT2D eigenvalue weighted by atomic mass is 10.0. The molecule has 2 aromatic rings. The third kappa shape index (κ3) is 3.94. The monoisotopic (exact) mass is 379 g/mol. The number of aromatic carboxylic acids is 1. The van der Waals surface area contributed by atoms with Crippen molar-refractivity contribution < 1.29 is 23.5 Å². The fourth-order valence-corrected chi connectivity index (χ4v) is 3.44. The number of halogens is 2. The number of benzene rings is 1. The normalized spacial score (nSPS) is 14.9. The largest absolute Gasteiger partial charge is 0.477 e. The molecule has 2 heterocycles. The number of hydrogen-bond acceptors (Lipinski definition) is 5. The average Bonchev–Trinajstić information content (AvgIpc) is 3.10. The number of thiazole rings is 1. The van der Waals surface area contributed by atoms with Gasteiger partial charge in [-0.15, -0.1) is 0 Å². The maximum Gasteiger partial charge on any atom is 0.347 e. The summed E-state index contributed by atoms with van der Waals surface area (Å²) < 4.78 is 27.0. The summed E-state index contributed by atoms with van der Waals surface area (Å²) >= 11 is 0.911. The SMILES string of the molecule is O=CN(c1ncc(C(=O)O)s1)N1CCC(=Cc2cc(F)ccc2F)CC1. The summed E-state index contributed by atoms with van der Waals surface area (Å²) in [5, 5.41) is 12.3. The zero-order chi connectivity index (χ0) is 18.7. The minimum absolute atomic E-state index is 0.0472. The predicted octanol–water partition coefficient (Wildman–Crippen LogP) is 3.18. The Morgan fingerprint density at radius 2 is 2.04 bits per heavy atom. The van der Waals surface area contributed by atoms with Crippen molar-refractivity contribution in [2.45, 2.75) is 12.8 Å². The number of amides is 1. The molecule has 0 atom stereocenters. The number of nitrogens with zero attached hydrogens (tertiary/aromatic N) is 3. The lowest BCUT2D eigenvalue weighted by Crippen LogP contribution is -2.45. The Morgan fingerprint density at radius 3 is 2.65 bits per heavy atom. The molecule has 0 aliphatic carbocycles. The van der Waals surface area contributed by atoms with Gasteiger partial charge in [0.1, 0.15) is 16.5 Å². The third-order valence-electron chi connectivity index (χ3n) is 4.00. The van der Waals surface area contributed by atoms with Gasteiger partial charge >= 0.3 is 5.97 Å². The van der Waals surface area contributed by atoms with Crippen molar-refractivity contribution in [3.8, 4) is 0 Å². The molecule has 0 bridgehead atoms. The van der Waals surface area contributed by atoms with Crippen LogP contribution in [0, 0.1) is 11.6 Å². The van der Waals surface area contributed by atoms with Crippen LogP contribution in [-0.4, -0.2) is 40.6 Å². The van der Waals surface area contributed by atoms with Gasteiger partial charge in [0.2, 0.25) is 11.5 Å². The number of carbonyl (C=O) groups is 2. The third-order valence-corrected chi connectivity index (χ3v) is 4.98. The maximum absolute atomic E-state index is 13.7. The van der Waals surface area contributed by atoms with Gasteiger partial charge in [-0.1, -0.05) is 23.0 Å². The molecular weight excluding hydrogens is 364 g/mol. The first-order valence-electron chi connectivity index (χ1n) is 7.81. The topological polar surface area (TPSA) is 73.7 Å². The molecule has 136 valence electrons. The van der Waals surface area contributed by atoms with Crippen LogP contribution in [0.3, 0.4) is 0 Å². The molecule has 0 unspecified atom stereocenters. The molecule has 1 aromatic heterocycles. The summed E-state index contributed by atoms with van der Waals surface area (Å²) in [4.78, 5) is 26.4. The Balaban J connectivity index is 1.70. The first-order valence-corrected chi connectivity index (χ1v) is 8.62. The number of hydrogen-bond donors (Lipinski definition) is 1. The minimum atomic E-state index is -1.10. The fourth-order valence-electron chi connectivity index (χ4n) is 2.69. The predicted molar refractivity (Wildman–Crippen MR) is 92.8 cm³/mol. The summed E-state index contributed by atoms with van der Waals surface area (Å²) in [5.41, 5.74) is 1.15. The highest BCUT2D eigenvalue weighted by atomic mass is 32.1. The van der Waals surface area contributed by atoms with E-state index >= 15 is 0 Å². The van der Waals surface area contributed by atoms with Crippen LogP contribution >= 0.6 is 11.3 Å². The van der Waals surface area contributed by atoms with Crippen molar-refractivity contribution in [3.05, 3.63) is 52.0 Å². The summed E-state index contributed by atoms with van der Waals surface area (Å²) in [6.45, 7) is 0.951. The van der Waals surface area contributed by atoms with Crippen LogP contribution in [0.5, 0.6) is 0 Å². The fraction of sp³-hybridized carbons (Fsp3) is 0.235. The highest BCUT2D eigenvalue weighted by Crippen LogP contribution is 2.27. The van der Waals surface area contributed by atoms with E-state index in [4.69, 9.17) is 5.11 Å². The molecule has 9 heteroatoms. The molecule has 1 fully saturated rings. The van der Waals surface area contributed by atoms with Gasteiger partial charge in [-0.05, 0) is 31.0 Å². The molecule has 1 aliphatic heterocycles. The summed E-state index contributed by atoms with van der Waals surface area (Å²) in [7, 11) is 0. The van der Waals surface area contributed by atoms with Gasteiger partial charge in [-0.2, -0.15) is 0 Å². The zero-order valence-electron chi connectivity index (χ0n) is 13.6. The van der Waals surface area contributed by atoms with Crippen LogP contribution in [0.4, 0.5) is 13.9 Å². The van der Waals surface area contributed by atoms with Gasteiger partial charge in [-0.3, -0.25) is 4.79 Å². The number of carboxylic acid groups (broad SMARTS) is 1. The second-order valence-electron chi connectivity index (χ2n) is 5.68. The molecule has 1 amide bonds. The lowest BCUT2D eigenvalue weighted by Gasteiger charge is -2.34. The molecule has 0 spiro atoms. The smallest absolute Gasteiger partial charge is 0.347 e. The Morgan fingerprint density at radius 1 is 1.31 bits per heavy atom. The molecule has 1 aliphatic rings. The van der Waals surface area contributed by atoms with Crippen LogP contribution in [0.15, 0.2) is 30.0 Å². The summed E-state index contributed by atoms with van der Waals surface area (Å²) in [6.07, 6.45) is 4.56. The van der Waals surface area contributed by atoms with Gasteiger partial charge in [0.05, 0.1) is 6.20 Å². The van der Waals surface area contributed by atoms with Crippen molar-refractivity contribution >= 4 is 34.9 Å². The maximum atomic E-state index is 13.7. The second-order valence-corrected chi connectivity index (χ2v) is 6.69. The van der Waals surface area contributed by atoms with Crippen molar-refractivity contribution in [1.29, 1.82) is 0 Å². The molecule has 0 saturated carbocycles.